The highest BCUT2D eigenvalue weighted by Gasteiger charge is 2.12. The van der Waals surface area contributed by atoms with Gasteiger partial charge in [0.25, 0.3) is 0 Å². The van der Waals surface area contributed by atoms with E-state index in [1.54, 1.807) is 12.1 Å². The summed E-state index contributed by atoms with van der Waals surface area (Å²) in [7, 11) is 0. The first kappa shape index (κ1) is 9.71. The summed E-state index contributed by atoms with van der Waals surface area (Å²) in [4.78, 5) is 0. The van der Waals surface area contributed by atoms with Gasteiger partial charge in [0, 0.05) is 5.56 Å². The standard InChI is InChI=1S/C7H3Cl3N4/c8-4-2-1-3(5(9)6(4)10)7-11-13-14-12-7/h1-2H,(H,11,12,13,14). The fraction of sp³-hybridized carbons (Fsp3) is 0. The minimum atomic E-state index is 0.288. The number of benzene rings is 1. The lowest BCUT2D eigenvalue weighted by atomic mass is 10.2. The molecule has 1 aromatic carbocycles. The van der Waals surface area contributed by atoms with Crippen molar-refractivity contribution in [2.75, 3.05) is 0 Å². The topological polar surface area (TPSA) is 54.5 Å². The summed E-state index contributed by atoms with van der Waals surface area (Å²) in [6, 6.07) is 3.31. The van der Waals surface area contributed by atoms with Crippen LogP contribution in [0.5, 0.6) is 0 Å². The predicted molar refractivity (Wildman–Crippen MR) is 54.6 cm³/mol. The van der Waals surface area contributed by atoms with Crippen molar-refractivity contribution in [1.29, 1.82) is 0 Å². The van der Waals surface area contributed by atoms with Gasteiger partial charge in [-0.2, -0.15) is 5.21 Å². The van der Waals surface area contributed by atoms with Crippen molar-refractivity contribution in [2.24, 2.45) is 0 Å². The highest BCUT2D eigenvalue weighted by atomic mass is 35.5. The molecule has 0 spiro atoms. The largest absolute Gasteiger partial charge is 0.206 e. The second-order valence-electron chi connectivity index (χ2n) is 2.46. The smallest absolute Gasteiger partial charge is 0.177 e. The van der Waals surface area contributed by atoms with Gasteiger partial charge < -0.3 is 0 Å². The Bertz CT molecular complexity index is 454. The summed E-state index contributed by atoms with van der Waals surface area (Å²) < 4.78 is 0. The lowest BCUT2D eigenvalue weighted by molar-refractivity contribution is 0.881. The molecule has 1 heterocycles. The number of rotatable bonds is 1. The first-order chi connectivity index (χ1) is 6.70. The molecule has 2 rings (SSSR count). The molecule has 0 aliphatic rings. The summed E-state index contributed by atoms with van der Waals surface area (Å²) in [5.41, 5.74) is 0.592. The number of hydrogen-bond acceptors (Lipinski definition) is 3. The van der Waals surface area contributed by atoms with Crippen molar-refractivity contribution in [3.8, 4) is 11.4 Å². The van der Waals surface area contributed by atoms with E-state index in [2.05, 4.69) is 20.6 Å². The third-order valence-corrected chi connectivity index (χ3v) is 2.92. The molecule has 0 unspecified atom stereocenters. The Morgan fingerprint density at radius 2 is 1.86 bits per heavy atom. The van der Waals surface area contributed by atoms with E-state index in [4.69, 9.17) is 34.8 Å². The molecule has 0 amide bonds. The van der Waals surface area contributed by atoms with Crippen LogP contribution in [0.3, 0.4) is 0 Å². The second kappa shape index (κ2) is 3.73. The van der Waals surface area contributed by atoms with Crippen molar-refractivity contribution in [3.05, 3.63) is 27.2 Å². The van der Waals surface area contributed by atoms with E-state index in [1.165, 1.54) is 0 Å². The van der Waals surface area contributed by atoms with Crippen molar-refractivity contribution < 1.29 is 0 Å². The van der Waals surface area contributed by atoms with E-state index in [0.29, 0.717) is 21.4 Å². The van der Waals surface area contributed by atoms with Gasteiger partial charge in [-0.3, -0.25) is 0 Å². The van der Waals surface area contributed by atoms with Gasteiger partial charge in [-0.15, -0.1) is 10.2 Å². The number of aromatic amines is 1. The maximum atomic E-state index is 5.95. The maximum Gasteiger partial charge on any atom is 0.206 e. The third kappa shape index (κ3) is 1.56. The molecule has 4 nitrogen and oxygen atoms in total. The molecule has 0 fully saturated rings. The Balaban J connectivity index is 2.61. The lowest BCUT2D eigenvalue weighted by Crippen LogP contribution is -1.84. The number of nitrogens with zero attached hydrogens (tertiary/aromatic N) is 3. The summed E-state index contributed by atoms with van der Waals surface area (Å²) in [6.07, 6.45) is 0. The Hall–Kier alpha value is -0.840. The number of hydrogen-bond donors (Lipinski definition) is 1. The predicted octanol–water partition coefficient (Wildman–Crippen LogP) is 2.83. The van der Waals surface area contributed by atoms with E-state index < -0.39 is 0 Å². The molecule has 1 aromatic heterocycles. The van der Waals surface area contributed by atoms with Gasteiger partial charge in [-0.05, 0) is 17.3 Å². The van der Waals surface area contributed by atoms with Crippen LogP contribution in [0, 0.1) is 0 Å². The number of aromatic nitrogens is 4. The average molecular weight is 249 g/mol. The first-order valence-corrected chi connectivity index (χ1v) is 4.71. The zero-order valence-corrected chi connectivity index (χ0v) is 8.90. The molecule has 0 atom stereocenters. The van der Waals surface area contributed by atoms with Gasteiger partial charge >= 0.3 is 0 Å². The summed E-state index contributed by atoms with van der Waals surface area (Å²) in [5, 5.41) is 14.3. The van der Waals surface area contributed by atoms with Gasteiger partial charge in [0.1, 0.15) is 0 Å². The summed E-state index contributed by atoms with van der Waals surface area (Å²) in [6.45, 7) is 0. The minimum absolute atomic E-state index is 0.288. The fourth-order valence-corrected chi connectivity index (χ4v) is 1.59. The van der Waals surface area contributed by atoms with Crippen LogP contribution in [0.2, 0.25) is 15.1 Å². The number of tetrazole rings is 1. The van der Waals surface area contributed by atoms with Crippen molar-refractivity contribution in [3.63, 3.8) is 0 Å². The van der Waals surface area contributed by atoms with Gasteiger partial charge in [-0.25, -0.2) is 0 Å². The van der Waals surface area contributed by atoms with Crippen LogP contribution in [0.25, 0.3) is 11.4 Å². The third-order valence-electron chi connectivity index (χ3n) is 1.62. The number of halogens is 3. The zero-order chi connectivity index (χ0) is 10.1. The molecule has 2 aromatic rings. The van der Waals surface area contributed by atoms with E-state index in [1.807, 2.05) is 0 Å². The first-order valence-electron chi connectivity index (χ1n) is 3.57. The molecular formula is C7H3Cl3N4. The summed E-state index contributed by atoms with van der Waals surface area (Å²) >= 11 is 17.6. The maximum absolute atomic E-state index is 5.95. The molecule has 1 N–H and O–H groups in total. The van der Waals surface area contributed by atoms with E-state index in [0.717, 1.165) is 0 Å². The van der Waals surface area contributed by atoms with Crippen LogP contribution < -0.4 is 0 Å². The molecule has 0 saturated carbocycles. The number of H-pyrrole nitrogens is 1. The normalized spacial score (nSPS) is 10.5. The van der Waals surface area contributed by atoms with Gasteiger partial charge in [-0.1, -0.05) is 34.8 Å². The van der Waals surface area contributed by atoms with E-state index >= 15 is 0 Å². The van der Waals surface area contributed by atoms with Crippen molar-refractivity contribution in [2.45, 2.75) is 0 Å². The zero-order valence-electron chi connectivity index (χ0n) is 6.63. The Kier molecular flexibility index (Phi) is 2.58. The molecule has 0 aliphatic carbocycles. The molecule has 0 saturated heterocycles. The Labute approximate surface area is 94.2 Å². The molecule has 0 bridgehead atoms. The van der Waals surface area contributed by atoms with E-state index in [9.17, 15) is 0 Å². The Morgan fingerprint density at radius 3 is 2.50 bits per heavy atom. The van der Waals surface area contributed by atoms with Crippen LogP contribution in [-0.2, 0) is 0 Å². The van der Waals surface area contributed by atoms with Crippen LogP contribution in [-0.4, -0.2) is 20.6 Å². The number of nitrogens with one attached hydrogen (secondary N) is 1. The molecule has 14 heavy (non-hydrogen) atoms. The van der Waals surface area contributed by atoms with Crippen LogP contribution in [0.4, 0.5) is 0 Å². The highest BCUT2D eigenvalue weighted by molar-refractivity contribution is 6.49. The lowest BCUT2D eigenvalue weighted by Gasteiger charge is -2.02. The fourth-order valence-electron chi connectivity index (χ4n) is 0.974. The van der Waals surface area contributed by atoms with Crippen molar-refractivity contribution >= 4 is 34.8 Å². The van der Waals surface area contributed by atoms with Crippen LogP contribution in [0.15, 0.2) is 12.1 Å². The molecular weight excluding hydrogens is 246 g/mol. The molecule has 0 radical (unpaired) electrons. The molecule has 7 heteroatoms. The quantitative estimate of drug-likeness (QED) is 0.791. The average Bonchev–Trinajstić information content (AvgIpc) is 2.67. The highest BCUT2D eigenvalue weighted by Crippen LogP contribution is 2.36. The molecule has 0 aliphatic heterocycles. The Morgan fingerprint density at radius 1 is 1.07 bits per heavy atom. The minimum Gasteiger partial charge on any atom is -0.177 e. The van der Waals surface area contributed by atoms with Gasteiger partial charge in [0.15, 0.2) is 0 Å². The SMILES string of the molecule is Clc1ccc(-c2nn[nH]n2)c(Cl)c1Cl. The monoisotopic (exact) mass is 248 g/mol. The van der Waals surface area contributed by atoms with Crippen LogP contribution in [0.1, 0.15) is 0 Å². The van der Waals surface area contributed by atoms with E-state index in [-0.39, 0.29) is 5.02 Å². The van der Waals surface area contributed by atoms with Gasteiger partial charge in [0.05, 0.1) is 15.1 Å². The van der Waals surface area contributed by atoms with Crippen molar-refractivity contribution in [1.82, 2.24) is 20.6 Å². The second-order valence-corrected chi connectivity index (χ2v) is 3.62. The van der Waals surface area contributed by atoms with Gasteiger partial charge in [0.2, 0.25) is 5.82 Å². The molecule has 72 valence electrons. The summed E-state index contributed by atoms with van der Waals surface area (Å²) in [5.74, 6) is 0.383. The van der Waals surface area contributed by atoms with Crippen LogP contribution >= 0.6 is 34.8 Å².